The van der Waals surface area contributed by atoms with Gasteiger partial charge in [-0.3, -0.25) is 9.79 Å². The summed E-state index contributed by atoms with van der Waals surface area (Å²) in [6, 6.07) is -1.03. The fraction of sp³-hybridized carbons (Fsp3) is 0.864. The zero-order valence-electron chi connectivity index (χ0n) is 19.1. The summed E-state index contributed by atoms with van der Waals surface area (Å²) in [5.41, 5.74) is 0.128. The lowest BCUT2D eigenvalue weighted by molar-refractivity contribution is -0.158. The smallest absolute Gasteiger partial charge is 0.331 e. The molecule has 0 aromatic rings. The van der Waals surface area contributed by atoms with E-state index in [2.05, 4.69) is 20.8 Å². The van der Waals surface area contributed by atoms with Crippen molar-refractivity contribution in [2.45, 2.75) is 72.4 Å². The predicted molar refractivity (Wildman–Crippen MR) is 114 cm³/mol. The standard InChI is InChI=1S/C22H35NO6S/c1-20(2,3)29-19(25)17(14-11-30(26,27)12-15(14)18(24)28-7)23-16-10-13-8-9-22(16,6)21(13,4)5/h13-15,17H,8-12H2,1-7H3/t13?,14?,15-,17+,22?/m1/s1. The lowest BCUT2D eigenvalue weighted by Gasteiger charge is -2.35. The zero-order valence-corrected chi connectivity index (χ0v) is 20.0. The van der Waals surface area contributed by atoms with Crippen LogP contribution in [0.5, 0.6) is 0 Å². The van der Waals surface area contributed by atoms with Crippen molar-refractivity contribution >= 4 is 27.5 Å². The van der Waals surface area contributed by atoms with Crippen LogP contribution in [-0.2, 0) is 28.9 Å². The van der Waals surface area contributed by atoms with Crippen molar-refractivity contribution in [3.05, 3.63) is 0 Å². The molecular weight excluding hydrogens is 406 g/mol. The van der Waals surface area contributed by atoms with Gasteiger partial charge in [0.05, 0.1) is 24.5 Å². The van der Waals surface area contributed by atoms with Crippen LogP contribution >= 0.6 is 0 Å². The lowest BCUT2D eigenvalue weighted by atomic mass is 9.70. The number of ether oxygens (including phenoxy) is 2. The number of rotatable bonds is 4. The van der Waals surface area contributed by atoms with Gasteiger partial charge in [0.1, 0.15) is 5.60 Å². The molecule has 8 heteroatoms. The molecule has 170 valence electrons. The summed E-state index contributed by atoms with van der Waals surface area (Å²) < 4.78 is 35.3. The Kier molecular flexibility index (Phi) is 5.66. The highest BCUT2D eigenvalue weighted by atomic mass is 32.2. The number of carbonyl (C=O) groups is 2. The average Bonchev–Trinajstić information content (AvgIpc) is 3.10. The molecule has 0 aromatic heterocycles. The Morgan fingerprint density at radius 1 is 1.17 bits per heavy atom. The van der Waals surface area contributed by atoms with Crippen LogP contribution in [0.15, 0.2) is 4.99 Å². The molecule has 30 heavy (non-hydrogen) atoms. The zero-order chi connectivity index (χ0) is 22.7. The monoisotopic (exact) mass is 441 g/mol. The fourth-order valence-electron chi connectivity index (χ4n) is 5.56. The molecule has 0 N–H and O–H groups in total. The number of carbonyl (C=O) groups excluding carboxylic acids is 2. The van der Waals surface area contributed by atoms with Crippen LogP contribution in [0.2, 0.25) is 0 Å². The molecule has 0 aromatic carbocycles. The van der Waals surface area contributed by atoms with Gasteiger partial charge in [-0.15, -0.1) is 0 Å². The van der Waals surface area contributed by atoms with Crippen LogP contribution in [0.25, 0.3) is 0 Å². The number of methoxy groups -OCH3 is 1. The van der Waals surface area contributed by atoms with Gasteiger partial charge in [-0.25, -0.2) is 13.2 Å². The molecule has 2 saturated carbocycles. The van der Waals surface area contributed by atoms with Crippen molar-refractivity contribution in [1.29, 1.82) is 0 Å². The molecule has 1 heterocycles. The van der Waals surface area contributed by atoms with Gasteiger partial charge in [-0.05, 0) is 51.4 Å². The van der Waals surface area contributed by atoms with Crippen molar-refractivity contribution in [1.82, 2.24) is 0 Å². The molecule has 0 spiro atoms. The van der Waals surface area contributed by atoms with Gasteiger partial charge in [-0.1, -0.05) is 20.8 Å². The third kappa shape index (κ3) is 3.92. The Hall–Kier alpha value is -1.44. The van der Waals surface area contributed by atoms with Crippen molar-refractivity contribution in [2.24, 2.45) is 33.6 Å². The van der Waals surface area contributed by atoms with E-state index in [0.717, 1.165) is 25.0 Å². The topological polar surface area (TPSA) is 99.1 Å². The molecule has 7 nitrogen and oxygen atoms in total. The third-order valence-electron chi connectivity index (χ3n) is 7.76. The van der Waals surface area contributed by atoms with Crippen LogP contribution in [0.4, 0.5) is 0 Å². The normalized spacial score (nSPS) is 36.6. The Bertz CT molecular complexity index is 869. The molecule has 5 atom stereocenters. The first-order valence-corrected chi connectivity index (χ1v) is 12.5. The molecule has 3 fully saturated rings. The van der Waals surface area contributed by atoms with Gasteiger partial charge in [-0.2, -0.15) is 0 Å². The number of esters is 2. The molecule has 3 rings (SSSR count). The summed E-state index contributed by atoms with van der Waals surface area (Å²) in [5.74, 6) is -2.98. The van der Waals surface area contributed by atoms with Crippen molar-refractivity contribution in [2.75, 3.05) is 18.6 Å². The number of aliphatic imine (C=N–C) groups is 1. The maximum absolute atomic E-state index is 13.2. The van der Waals surface area contributed by atoms with Gasteiger partial charge in [0.25, 0.3) is 0 Å². The second-order valence-corrected chi connectivity index (χ2v) is 13.1. The van der Waals surface area contributed by atoms with Crippen LogP contribution < -0.4 is 0 Å². The van der Waals surface area contributed by atoms with E-state index in [1.54, 1.807) is 20.8 Å². The van der Waals surface area contributed by atoms with Crippen molar-refractivity contribution in [3.8, 4) is 0 Å². The Labute approximate surface area is 179 Å². The number of nitrogens with zero attached hydrogens (tertiary/aromatic N) is 1. The highest BCUT2D eigenvalue weighted by Gasteiger charge is 2.60. The van der Waals surface area contributed by atoms with E-state index in [4.69, 9.17) is 14.5 Å². The SMILES string of the molecule is COC(=O)[C@@H]1CS(=O)(=O)CC1[C@H](N=C1CC2CCC1(C)C2(C)C)C(=O)OC(C)(C)C. The van der Waals surface area contributed by atoms with Crippen molar-refractivity contribution in [3.63, 3.8) is 0 Å². The minimum atomic E-state index is -3.48. The summed E-state index contributed by atoms with van der Waals surface area (Å²) >= 11 is 0. The molecule has 1 aliphatic heterocycles. The van der Waals surface area contributed by atoms with Crippen LogP contribution in [0.3, 0.4) is 0 Å². The highest BCUT2D eigenvalue weighted by molar-refractivity contribution is 7.91. The number of sulfone groups is 1. The van der Waals surface area contributed by atoms with E-state index < -0.39 is 45.3 Å². The molecule has 3 unspecified atom stereocenters. The minimum absolute atomic E-state index is 0.0633. The Balaban J connectivity index is 2.04. The second-order valence-electron chi connectivity index (χ2n) is 10.9. The Morgan fingerprint density at radius 3 is 2.27 bits per heavy atom. The molecule has 2 aliphatic carbocycles. The maximum atomic E-state index is 13.2. The van der Waals surface area contributed by atoms with Crippen LogP contribution in [-0.4, -0.2) is 56.3 Å². The summed E-state index contributed by atoms with van der Waals surface area (Å²) in [7, 11) is -2.25. The average molecular weight is 442 g/mol. The lowest BCUT2D eigenvalue weighted by Crippen LogP contribution is -2.42. The molecule has 3 aliphatic rings. The summed E-state index contributed by atoms with van der Waals surface area (Å²) in [4.78, 5) is 30.5. The summed E-state index contributed by atoms with van der Waals surface area (Å²) in [5, 5.41) is 0. The first-order chi connectivity index (χ1) is 13.6. The van der Waals surface area contributed by atoms with Gasteiger partial charge < -0.3 is 9.47 Å². The first kappa shape index (κ1) is 23.2. The van der Waals surface area contributed by atoms with Crippen molar-refractivity contribution < 1.29 is 27.5 Å². The summed E-state index contributed by atoms with van der Waals surface area (Å²) in [6.07, 6.45) is 2.92. The van der Waals surface area contributed by atoms with E-state index in [1.807, 2.05) is 0 Å². The quantitative estimate of drug-likeness (QED) is 0.622. The summed E-state index contributed by atoms with van der Waals surface area (Å²) in [6.45, 7) is 12.0. The minimum Gasteiger partial charge on any atom is -0.469 e. The third-order valence-corrected chi connectivity index (χ3v) is 9.52. The predicted octanol–water partition coefficient (Wildman–Crippen LogP) is 2.82. The first-order valence-electron chi connectivity index (χ1n) is 10.7. The fourth-order valence-corrected chi connectivity index (χ4v) is 7.62. The van der Waals surface area contributed by atoms with Crippen LogP contribution in [0, 0.1) is 28.6 Å². The van der Waals surface area contributed by atoms with Gasteiger partial charge >= 0.3 is 11.9 Å². The molecule has 0 amide bonds. The molecule has 2 bridgehead atoms. The van der Waals surface area contributed by atoms with E-state index >= 15 is 0 Å². The van der Waals surface area contributed by atoms with Crippen LogP contribution in [0.1, 0.15) is 60.8 Å². The van der Waals surface area contributed by atoms with E-state index in [1.165, 1.54) is 7.11 Å². The number of fused-ring (bicyclic) bond motifs is 2. The molecule has 1 saturated heterocycles. The number of hydrogen-bond donors (Lipinski definition) is 0. The highest BCUT2D eigenvalue weighted by Crippen LogP contribution is 2.64. The van der Waals surface area contributed by atoms with Gasteiger partial charge in [0.15, 0.2) is 15.9 Å². The Morgan fingerprint density at radius 2 is 1.80 bits per heavy atom. The largest absolute Gasteiger partial charge is 0.469 e. The molecule has 0 radical (unpaired) electrons. The molecular formula is C22H35NO6S. The second kappa shape index (κ2) is 7.31. The van der Waals surface area contributed by atoms with Gasteiger partial charge in [0.2, 0.25) is 0 Å². The van der Waals surface area contributed by atoms with E-state index in [-0.39, 0.29) is 22.3 Å². The number of hydrogen-bond acceptors (Lipinski definition) is 7. The van der Waals surface area contributed by atoms with E-state index in [0.29, 0.717) is 5.92 Å². The maximum Gasteiger partial charge on any atom is 0.331 e. The van der Waals surface area contributed by atoms with Gasteiger partial charge in [0, 0.05) is 17.0 Å². The van der Waals surface area contributed by atoms with E-state index in [9.17, 15) is 18.0 Å².